The van der Waals surface area contributed by atoms with Crippen molar-refractivity contribution in [3.05, 3.63) is 17.2 Å². The summed E-state index contributed by atoms with van der Waals surface area (Å²) in [6.45, 7) is 2.10. The Hall–Kier alpha value is -0.320. The lowest BCUT2D eigenvalue weighted by atomic mass is 10.5. The van der Waals surface area contributed by atoms with Crippen molar-refractivity contribution in [2.45, 2.75) is 13.1 Å². The number of aromatic amines is 1. The highest BCUT2D eigenvalue weighted by atomic mass is 35.5. The molecule has 0 aliphatic rings. The number of rotatable bonds is 2. The first-order valence-electron chi connectivity index (χ1n) is 3.55. The molecule has 0 aliphatic heterocycles. The highest BCUT2D eigenvalue weighted by molar-refractivity contribution is 7.71. The first-order valence-corrected chi connectivity index (χ1v) is 3.95. The van der Waals surface area contributed by atoms with Crippen LogP contribution in [0.2, 0.25) is 0 Å². The molecule has 70 valence electrons. The third-order valence-electron chi connectivity index (χ3n) is 1.83. The number of imidazole rings is 1. The number of nitrogens with one attached hydrogen (secondary N) is 1. The SMILES string of the molecule is CC(N(C)C)n1cc[nH]c1=S.Cl. The van der Waals surface area contributed by atoms with Crippen LogP contribution in [0.25, 0.3) is 0 Å². The topological polar surface area (TPSA) is 24.0 Å². The Morgan fingerprint density at radius 2 is 2.17 bits per heavy atom. The van der Waals surface area contributed by atoms with Crippen LogP contribution >= 0.6 is 24.6 Å². The van der Waals surface area contributed by atoms with Gasteiger partial charge in [-0.1, -0.05) is 0 Å². The average Bonchev–Trinajstić information content (AvgIpc) is 2.33. The zero-order valence-electron chi connectivity index (χ0n) is 7.44. The van der Waals surface area contributed by atoms with Gasteiger partial charge in [0.05, 0.1) is 6.17 Å². The molecule has 1 aromatic heterocycles. The molecule has 0 spiro atoms. The van der Waals surface area contributed by atoms with Crippen LogP contribution in [-0.2, 0) is 0 Å². The van der Waals surface area contributed by atoms with Gasteiger partial charge in [0, 0.05) is 12.4 Å². The second-order valence-electron chi connectivity index (χ2n) is 2.77. The molecule has 1 rings (SSSR count). The van der Waals surface area contributed by atoms with E-state index in [1.807, 2.05) is 31.1 Å². The largest absolute Gasteiger partial charge is 0.337 e. The van der Waals surface area contributed by atoms with Crippen molar-refractivity contribution < 1.29 is 0 Å². The molecular formula is C7H14ClN3S. The number of nitrogens with zero attached hydrogens (tertiary/aromatic N) is 2. The van der Waals surface area contributed by atoms with E-state index in [1.54, 1.807) is 0 Å². The molecule has 3 nitrogen and oxygen atoms in total. The molecule has 0 amide bonds. The van der Waals surface area contributed by atoms with Gasteiger partial charge in [0.15, 0.2) is 4.77 Å². The maximum absolute atomic E-state index is 5.06. The summed E-state index contributed by atoms with van der Waals surface area (Å²) in [5.41, 5.74) is 0. The van der Waals surface area contributed by atoms with Gasteiger partial charge < -0.3 is 9.55 Å². The molecule has 12 heavy (non-hydrogen) atoms. The van der Waals surface area contributed by atoms with E-state index in [4.69, 9.17) is 12.2 Å². The second-order valence-corrected chi connectivity index (χ2v) is 3.15. The van der Waals surface area contributed by atoms with Gasteiger partial charge in [-0.15, -0.1) is 12.4 Å². The van der Waals surface area contributed by atoms with E-state index >= 15 is 0 Å². The fourth-order valence-corrected chi connectivity index (χ4v) is 1.16. The Labute approximate surface area is 83.8 Å². The molecule has 0 fully saturated rings. The summed E-state index contributed by atoms with van der Waals surface area (Å²) in [6, 6.07) is 0. The zero-order valence-corrected chi connectivity index (χ0v) is 9.08. The van der Waals surface area contributed by atoms with E-state index in [-0.39, 0.29) is 12.4 Å². The summed E-state index contributed by atoms with van der Waals surface area (Å²) in [6.07, 6.45) is 4.11. The monoisotopic (exact) mass is 207 g/mol. The van der Waals surface area contributed by atoms with Gasteiger partial charge in [0.25, 0.3) is 0 Å². The van der Waals surface area contributed by atoms with Crippen molar-refractivity contribution in [1.29, 1.82) is 0 Å². The minimum absolute atomic E-state index is 0. The van der Waals surface area contributed by atoms with Crippen molar-refractivity contribution in [1.82, 2.24) is 14.5 Å². The molecule has 0 aromatic carbocycles. The van der Waals surface area contributed by atoms with Gasteiger partial charge in [-0.2, -0.15) is 0 Å². The Kier molecular flexibility index (Phi) is 4.52. The summed E-state index contributed by atoms with van der Waals surface area (Å²) >= 11 is 5.06. The van der Waals surface area contributed by atoms with E-state index in [0.29, 0.717) is 6.17 Å². The summed E-state index contributed by atoms with van der Waals surface area (Å²) in [4.78, 5) is 5.06. The van der Waals surface area contributed by atoms with Crippen LogP contribution in [0.1, 0.15) is 13.1 Å². The number of H-pyrrole nitrogens is 1. The summed E-state index contributed by atoms with van der Waals surface area (Å²) < 4.78 is 2.78. The molecule has 5 heteroatoms. The summed E-state index contributed by atoms with van der Waals surface area (Å²) in [5, 5.41) is 0. The minimum atomic E-state index is 0. The summed E-state index contributed by atoms with van der Waals surface area (Å²) in [7, 11) is 4.05. The van der Waals surface area contributed by atoms with E-state index in [0.717, 1.165) is 4.77 Å². The lowest BCUT2D eigenvalue weighted by molar-refractivity contribution is 0.236. The van der Waals surface area contributed by atoms with Gasteiger partial charge in [-0.25, -0.2) is 0 Å². The predicted octanol–water partition coefficient (Wildman–Crippen LogP) is 2.05. The van der Waals surface area contributed by atoms with Crippen molar-refractivity contribution in [3.63, 3.8) is 0 Å². The average molecular weight is 208 g/mol. The number of hydrogen-bond donors (Lipinski definition) is 1. The molecule has 1 atom stereocenters. The van der Waals surface area contributed by atoms with Crippen LogP contribution < -0.4 is 0 Å². The van der Waals surface area contributed by atoms with Crippen LogP contribution in [0.5, 0.6) is 0 Å². The van der Waals surface area contributed by atoms with Crippen molar-refractivity contribution >= 4 is 24.6 Å². The van der Waals surface area contributed by atoms with Gasteiger partial charge in [0.2, 0.25) is 0 Å². The molecule has 1 heterocycles. The first kappa shape index (κ1) is 11.7. The molecule has 0 aliphatic carbocycles. The van der Waals surface area contributed by atoms with E-state index < -0.39 is 0 Å². The maximum Gasteiger partial charge on any atom is 0.178 e. The van der Waals surface area contributed by atoms with Crippen molar-refractivity contribution in [2.24, 2.45) is 0 Å². The molecule has 0 saturated heterocycles. The number of halogens is 1. The normalized spacial score (nSPS) is 12.7. The standard InChI is InChI=1S/C7H13N3S.ClH/c1-6(9(2)3)10-5-4-8-7(10)11;/h4-6H,1-3H3,(H,8,11);1H. The lowest BCUT2D eigenvalue weighted by Crippen LogP contribution is -2.22. The van der Waals surface area contributed by atoms with Gasteiger partial charge in [-0.05, 0) is 33.2 Å². The molecule has 1 unspecified atom stereocenters. The number of aromatic nitrogens is 2. The van der Waals surface area contributed by atoms with Crippen molar-refractivity contribution in [2.75, 3.05) is 14.1 Å². The Morgan fingerprint density at radius 3 is 2.50 bits per heavy atom. The fourth-order valence-electron chi connectivity index (χ4n) is 0.874. The molecule has 1 aromatic rings. The highest BCUT2D eigenvalue weighted by Crippen LogP contribution is 2.07. The lowest BCUT2D eigenvalue weighted by Gasteiger charge is -2.20. The maximum atomic E-state index is 5.06. The van der Waals surface area contributed by atoms with Crippen LogP contribution in [-0.4, -0.2) is 28.5 Å². The second kappa shape index (κ2) is 4.64. The predicted molar refractivity (Wildman–Crippen MR) is 55.3 cm³/mol. The van der Waals surface area contributed by atoms with E-state index in [9.17, 15) is 0 Å². The fraction of sp³-hybridized carbons (Fsp3) is 0.571. The zero-order chi connectivity index (χ0) is 8.43. The van der Waals surface area contributed by atoms with Crippen molar-refractivity contribution in [3.8, 4) is 0 Å². The van der Waals surface area contributed by atoms with Gasteiger partial charge in [0.1, 0.15) is 0 Å². The summed E-state index contributed by atoms with van der Waals surface area (Å²) in [5.74, 6) is 0. The van der Waals surface area contributed by atoms with Crippen LogP contribution in [0, 0.1) is 4.77 Å². The van der Waals surface area contributed by atoms with E-state index in [2.05, 4.69) is 16.8 Å². The van der Waals surface area contributed by atoms with Gasteiger partial charge >= 0.3 is 0 Å². The van der Waals surface area contributed by atoms with E-state index in [1.165, 1.54) is 0 Å². The van der Waals surface area contributed by atoms with Crippen LogP contribution in [0.15, 0.2) is 12.4 Å². The number of hydrogen-bond acceptors (Lipinski definition) is 2. The Balaban J connectivity index is 0.00000121. The van der Waals surface area contributed by atoms with Crippen LogP contribution in [0.4, 0.5) is 0 Å². The molecule has 0 bridgehead atoms. The molecule has 0 saturated carbocycles. The van der Waals surface area contributed by atoms with Crippen LogP contribution in [0.3, 0.4) is 0 Å². The Morgan fingerprint density at radius 1 is 1.58 bits per heavy atom. The molecular weight excluding hydrogens is 194 g/mol. The highest BCUT2D eigenvalue weighted by Gasteiger charge is 2.05. The minimum Gasteiger partial charge on any atom is -0.337 e. The first-order chi connectivity index (χ1) is 5.13. The third-order valence-corrected chi connectivity index (χ3v) is 2.16. The quantitative estimate of drug-likeness (QED) is 0.751. The Bertz CT molecular complexity index is 278. The molecule has 0 radical (unpaired) electrons. The van der Waals surface area contributed by atoms with Gasteiger partial charge in [-0.3, -0.25) is 4.90 Å². The third kappa shape index (κ3) is 2.33. The smallest absolute Gasteiger partial charge is 0.178 e. The molecule has 1 N–H and O–H groups in total.